The number of aliphatic carboxylic acids is 1. The number of carboxylic acids is 1. The fourth-order valence-electron chi connectivity index (χ4n) is 5.65. The predicted molar refractivity (Wildman–Crippen MR) is 133 cm³/mol. The van der Waals surface area contributed by atoms with Crippen molar-refractivity contribution in [2.24, 2.45) is 17.8 Å². The second kappa shape index (κ2) is 10.5. The molecule has 2 aromatic carbocycles. The van der Waals surface area contributed by atoms with Crippen molar-refractivity contribution in [1.82, 2.24) is 10.2 Å². The number of hydrogen-bond donors (Lipinski definition) is 2. The molecule has 2 aromatic rings. The summed E-state index contributed by atoms with van der Waals surface area (Å²) in [6.45, 7) is 6.67. The lowest BCUT2D eigenvalue weighted by Gasteiger charge is -2.41. The molecule has 1 heterocycles. The van der Waals surface area contributed by atoms with E-state index in [0.717, 1.165) is 17.5 Å². The Hall–Kier alpha value is -3.35. The van der Waals surface area contributed by atoms with Gasteiger partial charge in [0.25, 0.3) is 0 Å². The van der Waals surface area contributed by atoms with Crippen LogP contribution in [0.4, 0.5) is 4.79 Å². The molecule has 0 radical (unpaired) electrons. The van der Waals surface area contributed by atoms with E-state index in [1.165, 1.54) is 16.0 Å². The van der Waals surface area contributed by atoms with Crippen molar-refractivity contribution in [2.75, 3.05) is 19.7 Å². The van der Waals surface area contributed by atoms with Crippen molar-refractivity contribution in [1.29, 1.82) is 0 Å². The van der Waals surface area contributed by atoms with E-state index in [0.29, 0.717) is 13.0 Å². The van der Waals surface area contributed by atoms with Crippen molar-refractivity contribution in [3.05, 3.63) is 59.7 Å². The number of alkyl carbamates (subject to hydrolysis) is 1. The first-order chi connectivity index (χ1) is 16.8. The largest absolute Gasteiger partial charge is 0.480 e. The Morgan fingerprint density at radius 1 is 1.06 bits per heavy atom. The van der Waals surface area contributed by atoms with Gasteiger partial charge in [-0.05, 0) is 46.9 Å². The summed E-state index contributed by atoms with van der Waals surface area (Å²) >= 11 is 0. The normalized spacial score (nSPS) is 22.1. The number of carbonyl (C=O) groups is 3. The first-order valence-corrected chi connectivity index (χ1v) is 12.4. The maximum absolute atomic E-state index is 13.0. The Morgan fingerprint density at radius 3 is 2.26 bits per heavy atom. The molecule has 7 nitrogen and oxygen atoms in total. The molecule has 186 valence electrons. The number of rotatable bonds is 7. The second-order valence-corrected chi connectivity index (χ2v) is 10.0. The monoisotopic (exact) mass is 478 g/mol. The molecular weight excluding hydrogens is 444 g/mol. The number of carboxylic acid groups (broad SMARTS) is 1. The quantitative estimate of drug-likeness (QED) is 0.611. The van der Waals surface area contributed by atoms with Gasteiger partial charge in [-0.3, -0.25) is 4.79 Å². The Labute approximate surface area is 206 Å². The van der Waals surface area contributed by atoms with Gasteiger partial charge in [-0.15, -0.1) is 0 Å². The van der Waals surface area contributed by atoms with Crippen molar-refractivity contribution in [3.8, 4) is 11.1 Å². The van der Waals surface area contributed by atoms with Crippen LogP contribution in [-0.4, -0.2) is 53.7 Å². The van der Waals surface area contributed by atoms with E-state index in [1.807, 2.05) is 38.1 Å². The Balaban J connectivity index is 1.28. The molecule has 2 N–H and O–H groups in total. The van der Waals surface area contributed by atoms with Gasteiger partial charge in [0.05, 0.1) is 0 Å². The van der Waals surface area contributed by atoms with E-state index in [-0.39, 0.29) is 36.8 Å². The first kappa shape index (κ1) is 24.8. The van der Waals surface area contributed by atoms with Gasteiger partial charge in [0.2, 0.25) is 5.91 Å². The topological polar surface area (TPSA) is 95.9 Å². The van der Waals surface area contributed by atoms with Crippen molar-refractivity contribution in [3.63, 3.8) is 0 Å². The van der Waals surface area contributed by atoms with Crippen molar-refractivity contribution < 1.29 is 24.2 Å². The average molecular weight is 479 g/mol. The highest BCUT2D eigenvalue weighted by Crippen LogP contribution is 2.44. The molecule has 2 amide bonds. The Kier molecular flexibility index (Phi) is 7.43. The van der Waals surface area contributed by atoms with Crippen LogP contribution in [-0.2, 0) is 14.3 Å². The third kappa shape index (κ3) is 5.19. The molecule has 2 aliphatic rings. The number of fused-ring (bicyclic) bond motifs is 3. The standard InChI is InChI=1S/C28H34N2O5/c1-17-14-19(3)25(27(32)33)30(15-17)26(31)18(2)12-13-29-28(34)35-16-24-22-10-6-4-8-20(22)21-9-5-7-11-23(21)24/h4-11,17-19,24-25H,12-16H2,1-3H3,(H,29,34)(H,32,33). The lowest BCUT2D eigenvalue weighted by atomic mass is 9.84. The summed E-state index contributed by atoms with van der Waals surface area (Å²) in [5, 5.41) is 12.4. The van der Waals surface area contributed by atoms with Gasteiger partial charge in [0.15, 0.2) is 0 Å². The van der Waals surface area contributed by atoms with E-state index in [4.69, 9.17) is 4.74 Å². The number of nitrogens with zero attached hydrogens (tertiary/aromatic N) is 1. The van der Waals surface area contributed by atoms with Gasteiger partial charge >= 0.3 is 12.1 Å². The van der Waals surface area contributed by atoms with Gasteiger partial charge in [-0.2, -0.15) is 0 Å². The average Bonchev–Trinajstić information content (AvgIpc) is 3.15. The van der Waals surface area contributed by atoms with E-state index in [9.17, 15) is 19.5 Å². The molecule has 1 aliphatic carbocycles. The smallest absolute Gasteiger partial charge is 0.407 e. The molecule has 35 heavy (non-hydrogen) atoms. The lowest BCUT2D eigenvalue weighted by Crippen LogP contribution is -2.55. The molecule has 0 spiro atoms. The molecule has 0 saturated carbocycles. The number of ether oxygens (including phenoxy) is 1. The number of hydrogen-bond acceptors (Lipinski definition) is 4. The number of amides is 2. The highest BCUT2D eigenvalue weighted by Gasteiger charge is 2.40. The highest BCUT2D eigenvalue weighted by molar-refractivity contribution is 5.85. The van der Waals surface area contributed by atoms with E-state index in [1.54, 1.807) is 6.92 Å². The summed E-state index contributed by atoms with van der Waals surface area (Å²) in [5.74, 6) is -1.37. The van der Waals surface area contributed by atoms with Crippen LogP contribution in [0, 0.1) is 17.8 Å². The molecule has 4 rings (SSSR count). The van der Waals surface area contributed by atoms with Crippen LogP contribution in [0.3, 0.4) is 0 Å². The van der Waals surface area contributed by atoms with Crippen LogP contribution >= 0.6 is 0 Å². The molecule has 1 aliphatic heterocycles. The van der Waals surface area contributed by atoms with E-state index in [2.05, 4.69) is 29.6 Å². The molecule has 1 saturated heterocycles. The molecule has 4 atom stereocenters. The number of nitrogens with one attached hydrogen (secondary N) is 1. The predicted octanol–water partition coefficient (Wildman–Crippen LogP) is 4.51. The zero-order valence-corrected chi connectivity index (χ0v) is 20.6. The van der Waals surface area contributed by atoms with Gasteiger partial charge in [0, 0.05) is 24.9 Å². The van der Waals surface area contributed by atoms with Gasteiger partial charge in [-0.1, -0.05) is 69.3 Å². The number of benzene rings is 2. The molecule has 7 heteroatoms. The number of piperidine rings is 1. The molecule has 0 aromatic heterocycles. The van der Waals surface area contributed by atoms with Crippen LogP contribution in [0.2, 0.25) is 0 Å². The summed E-state index contributed by atoms with van der Waals surface area (Å²) in [5.41, 5.74) is 4.65. The zero-order valence-electron chi connectivity index (χ0n) is 20.6. The maximum Gasteiger partial charge on any atom is 0.407 e. The molecule has 1 fully saturated rings. The fraction of sp³-hybridized carbons (Fsp3) is 0.464. The van der Waals surface area contributed by atoms with Crippen LogP contribution in [0.15, 0.2) is 48.5 Å². The second-order valence-electron chi connectivity index (χ2n) is 10.0. The lowest BCUT2D eigenvalue weighted by molar-refractivity contribution is -0.157. The van der Waals surface area contributed by atoms with Gasteiger partial charge in [-0.25, -0.2) is 9.59 Å². The zero-order chi connectivity index (χ0) is 25.1. The summed E-state index contributed by atoms with van der Waals surface area (Å²) in [6, 6.07) is 15.5. The van der Waals surface area contributed by atoms with E-state index >= 15 is 0 Å². The van der Waals surface area contributed by atoms with Crippen LogP contribution < -0.4 is 5.32 Å². The summed E-state index contributed by atoms with van der Waals surface area (Å²) in [7, 11) is 0. The summed E-state index contributed by atoms with van der Waals surface area (Å²) in [4.78, 5) is 38.7. The number of carbonyl (C=O) groups excluding carboxylic acids is 2. The van der Waals surface area contributed by atoms with Crippen LogP contribution in [0.1, 0.15) is 50.7 Å². The van der Waals surface area contributed by atoms with Crippen molar-refractivity contribution in [2.45, 2.75) is 45.6 Å². The van der Waals surface area contributed by atoms with E-state index < -0.39 is 24.0 Å². The van der Waals surface area contributed by atoms with Gasteiger partial charge in [0.1, 0.15) is 12.6 Å². The SMILES string of the molecule is CC1CC(C)C(C(=O)O)N(C(=O)C(C)CCNC(=O)OCC2c3ccccc3-c3ccccc32)C1. The highest BCUT2D eigenvalue weighted by atomic mass is 16.5. The Bertz CT molecular complexity index is 1050. The number of likely N-dealkylation sites (tertiary alicyclic amines) is 1. The molecule has 0 bridgehead atoms. The van der Waals surface area contributed by atoms with Crippen LogP contribution in [0.25, 0.3) is 11.1 Å². The summed E-state index contributed by atoms with van der Waals surface area (Å²) < 4.78 is 5.55. The molecular formula is C28H34N2O5. The van der Waals surface area contributed by atoms with Crippen LogP contribution in [0.5, 0.6) is 0 Å². The minimum Gasteiger partial charge on any atom is -0.480 e. The third-order valence-corrected chi connectivity index (χ3v) is 7.31. The minimum absolute atomic E-state index is 0.00955. The molecule has 4 unspecified atom stereocenters. The third-order valence-electron chi connectivity index (χ3n) is 7.31. The fourth-order valence-corrected chi connectivity index (χ4v) is 5.65. The minimum atomic E-state index is -0.957. The maximum atomic E-state index is 13.0. The van der Waals surface area contributed by atoms with Crippen molar-refractivity contribution >= 4 is 18.0 Å². The first-order valence-electron chi connectivity index (χ1n) is 12.4. The summed E-state index contributed by atoms with van der Waals surface area (Å²) in [6.07, 6.45) is 0.683. The van der Waals surface area contributed by atoms with Gasteiger partial charge < -0.3 is 20.1 Å². The Morgan fingerprint density at radius 2 is 1.66 bits per heavy atom.